The van der Waals surface area contributed by atoms with Crippen LogP contribution in [0.3, 0.4) is 0 Å². The third kappa shape index (κ3) is 3.12. The van der Waals surface area contributed by atoms with Crippen LogP contribution in [0.1, 0.15) is 49.8 Å². The molecule has 0 radical (unpaired) electrons. The van der Waals surface area contributed by atoms with E-state index in [1.54, 1.807) is 0 Å². The fourth-order valence-electron chi connectivity index (χ4n) is 2.79. The fourth-order valence-corrected chi connectivity index (χ4v) is 2.79. The molecule has 1 aliphatic rings. The van der Waals surface area contributed by atoms with Gasteiger partial charge in [-0.1, -0.05) is 38.1 Å². The van der Waals surface area contributed by atoms with E-state index < -0.39 is 0 Å². The minimum atomic E-state index is 0.423. The van der Waals surface area contributed by atoms with Crippen LogP contribution in [0.2, 0.25) is 0 Å². The first-order valence-electron chi connectivity index (χ1n) is 7.07. The van der Waals surface area contributed by atoms with Gasteiger partial charge in [0.05, 0.1) is 6.61 Å². The predicted molar refractivity (Wildman–Crippen MR) is 75.9 cm³/mol. The summed E-state index contributed by atoms with van der Waals surface area (Å²) in [4.78, 5) is 0. The van der Waals surface area contributed by atoms with Gasteiger partial charge in [-0.25, -0.2) is 0 Å². The molecule has 1 saturated heterocycles. The summed E-state index contributed by atoms with van der Waals surface area (Å²) in [5, 5.41) is 3.46. The normalized spacial score (nSPS) is 22.1. The Hall–Kier alpha value is -0.860. The zero-order chi connectivity index (χ0) is 13.0. The largest absolute Gasteiger partial charge is 0.381 e. The van der Waals surface area contributed by atoms with Gasteiger partial charge in [0.25, 0.3) is 0 Å². The highest BCUT2D eigenvalue weighted by atomic mass is 16.5. The summed E-state index contributed by atoms with van der Waals surface area (Å²) in [6, 6.07) is 9.48. The molecule has 1 N–H and O–H groups in total. The maximum atomic E-state index is 5.61. The van der Waals surface area contributed by atoms with Crippen molar-refractivity contribution in [1.82, 2.24) is 5.32 Å². The van der Waals surface area contributed by atoms with Crippen molar-refractivity contribution in [3.8, 4) is 0 Å². The molecular weight excluding hydrogens is 222 g/mol. The zero-order valence-corrected chi connectivity index (χ0v) is 11.8. The minimum absolute atomic E-state index is 0.423. The van der Waals surface area contributed by atoms with E-state index >= 15 is 0 Å². The van der Waals surface area contributed by atoms with Crippen LogP contribution in [0.25, 0.3) is 0 Å². The highest BCUT2D eigenvalue weighted by Gasteiger charge is 2.24. The topological polar surface area (TPSA) is 21.3 Å². The van der Waals surface area contributed by atoms with Gasteiger partial charge in [-0.15, -0.1) is 0 Å². The summed E-state index contributed by atoms with van der Waals surface area (Å²) in [5.74, 6) is 1.21. The Bertz CT molecular complexity index is 352. The van der Waals surface area contributed by atoms with Crippen molar-refractivity contribution >= 4 is 0 Å². The molecule has 0 bridgehead atoms. The van der Waals surface area contributed by atoms with Crippen molar-refractivity contribution in [3.05, 3.63) is 35.4 Å². The van der Waals surface area contributed by atoms with Crippen LogP contribution in [0.5, 0.6) is 0 Å². The summed E-state index contributed by atoms with van der Waals surface area (Å²) in [6.07, 6.45) is 2.45. The minimum Gasteiger partial charge on any atom is -0.381 e. The SMILES string of the molecule is CNC(c1ccc(C(C)C)cc1)C1CCCOC1. The van der Waals surface area contributed by atoms with Gasteiger partial charge in [-0.05, 0) is 36.9 Å². The van der Waals surface area contributed by atoms with E-state index in [0.29, 0.717) is 17.9 Å². The summed E-state index contributed by atoms with van der Waals surface area (Å²) in [6.45, 7) is 6.29. The number of nitrogens with one attached hydrogen (secondary N) is 1. The second kappa shape index (κ2) is 6.35. The van der Waals surface area contributed by atoms with Gasteiger partial charge in [0, 0.05) is 18.6 Å². The van der Waals surface area contributed by atoms with Crippen LogP contribution < -0.4 is 5.32 Å². The Balaban J connectivity index is 2.11. The van der Waals surface area contributed by atoms with E-state index in [1.165, 1.54) is 24.0 Å². The van der Waals surface area contributed by atoms with Crippen molar-refractivity contribution < 1.29 is 4.74 Å². The monoisotopic (exact) mass is 247 g/mol. The lowest BCUT2D eigenvalue weighted by Gasteiger charge is -2.30. The smallest absolute Gasteiger partial charge is 0.0512 e. The first-order chi connectivity index (χ1) is 8.72. The standard InChI is InChI=1S/C16H25NO/c1-12(2)13-6-8-14(9-7-13)16(17-3)15-5-4-10-18-11-15/h6-9,12,15-17H,4-5,10-11H2,1-3H3. The third-order valence-corrected chi connectivity index (χ3v) is 3.94. The molecule has 18 heavy (non-hydrogen) atoms. The molecular formula is C16H25NO. The maximum absolute atomic E-state index is 5.61. The molecule has 2 nitrogen and oxygen atoms in total. The molecule has 0 saturated carbocycles. The van der Waals surface area contributed by atoms with Gasteiger partial charge in [0.2, 0.25) is 0 Å². The molecule has 1 fully saturated rings. The zero-order valence-electron chi connectivity index (χ0n) is 11.8. The Morgan fingerprint density at radius 3 is 2.33 bits per heavy atom. The second-order valence-electron chi connectivity index (χ2n) is 5.56. The van der Waals surface area contributed by atoms with Crippen molar-refractivity contribution in [1.29, 1.82) is 0 Å². The molecule has 2 atom stereocenters. The predicted octanol–water partition coefficient (Wildman–Crippen LogP) is 3.50. The Labute approximate surface area is 111 Å². The molecule has 0 aromatic heterocycles. The van der Waals surface area contributed by atoms with Gasteiger partial charge in [0.15, 0.2) is 0 Å². The van der Waals surface area contributed by atoms with E-state index in [-0.39, 0.29) is 0 Å². The van der Waals surface area contributed by atoms with Crippen LogP contribution in [0, 0.1) is 5.92 Å². The molecule has 0 spiro atoms. The van der Waals surface area contributed by atoms with E-state index in [1.807, 2.05) is 0 Å². The number of hydrogen-bond acceptors (Lipinski definition) is 2. The molecule has 0 aliphatic carbocycles. The molecule has 1 aliphatic heterocycles. The third-order valence-electron chi connectivity index (χ3n) is 3.94. The maximum Gasteiger partial charge on any atom is 0.0512 e. The van der Waals surface area contributed by atoms with Crippen LogP contribution in [-0.2, 0) is 4.74 Å². The average molecular weight is 247 g/mol. The van der Waals surface area contributed by atoms with Crippen LogP contribution in [0.15, 0.2) is 24.3 Å². The lowest BCUT2D eigenvalue weighted by molar-refractivity contribution is 0.0402. The molecule has 1 aromatic rings. The number of hydrogen-bond donors (Lipinski definition) is 1. The molecule has 1 heterocycles. The van der Waals surface area contributed by atoms with Crippen molar-refractivity contribution in [2.75, 3.05) is 20.3 Å². The molecule has 1 aromatic carbocycles. The fraction of sp³-hybridized carbons (Fsp3) is 0.625. The van der Waals surface area contributed by atoms with Gasteiger partial charge in [-0.3, -0.25) is 0 Å². The Morgan fingerprint density at radius 2 is 1.83 bits per heavy atom. The van der Waals surface area contributed by atoms with Crippen molar-refractivity contribution in [2.45, 2.75) is 38.6 Å². The number of ether oxygens (including phenoxy) is 1. The second-order valence-corrected chi connectivity index (χ2v) is 5.56. The summed E-state index contributed by atoms with van der Waals surface area (Å²) in [5.41, 5.74) is 2.80. The van der Waals surface area contributed by atoms with Crippen LogP contribution in [0.4, 0.5) is 0 Å². The quantitative estimate of drug-likeness (QED) is 0.879. The summed E-state index contributed by atoms with van der Waals surface area (Å²) >= 11 is 0. The van der Waals surface area contributed by atoms with Gasteiger partial charge < -0.3 is 10.1 Å². The highest BCUT2D eigenvalue weighted by Crippen LogP contribution is 2.29. The van der Waals surface area contributed by atoms with Crippen LogP contribution in [-0.4, -0.2) is 20.3 Å². The van der Waals surface area contributed by atoms with E-state index in [4.69, 9.17) is 4.74 Å². The number of benzene rings is 1. The van der Waals surface area contributed by atoms with E-state index in [2.05, 4.69) is 50.5 Å². The Morgan fingerprint density at radius 1 is 1.17 bits per heavy atom. The van der Waals surface area contributed by atoms with E-state index in [9.17, 15) is 0 Å². The van der Waals surface area contributed by atoms with Gasteiger partial charge in [-0.2, -0.15) is 0 Å². The van der Waals surface area contributed by atoms with E-state index in [0.717, 1.165) is 13.2 Å². The lowest BCUT2D eigenvalue weighted by atomic mass is 9.88. The molecule has 0 amide bonds. The first-order valence-corrected chi connectivity index (χ1v) is 7.07. The highest BCUT2D eigenvalue weighted by molar-refractivity contribution is 5.27. The molecule has 2 rings (SSSR count). The van der Waals surface area contributed by atoms with Gasteiger partial charge in [0.1, 0.15) is 0 Å². The summed E-state index contributed by atoms with van der Waals surface area (Å²) < 4.78 is 5.61. The van der Waals surface area contributed by atoms with Crippen molar-refractivity contribution in [2.24, 2.45) is 5.92 Å². The summed E-state index contributed by atoms with van der Waals surface area (Å²) in [7, 11) is 2.05. The number of rotatable bonds is 4. The van der Waals surface area contributed by atoms with Crippen LogP contribution >= 0.6 is 0 Å². The lowest BCUT2D eigenvalue weighted by Crippen LogP contribution is -2.31. The first kappa shape index (κ1) is 13.6. The van der Waals surface area contributed by atoms with Crippen molar-refractivity contribution in [3.63, 3.8) is 0 Å². The van der Waals surface area contributed by atoms with Gasteiger partial charge >= 0.3 is 0 Å². The molecule has 2 unspecified atom stereocenters. The molecule has 100 valence electrons. The average Bonchev–Trinajstić information content (AvgIpc) is 2.41. The molecule has 2 heteroatoms. The Kier molecular flexibility index (Phi) is 4.79.